The number of carbonyl (C=O) groups excluding carboxylic acids is 2. The summed E-state index contributed by atoms with van der Waals surface area (Å²) in [6.45, 7) is 0.0480. The Morgan fingerprint density at radius 2 is 1.71 bits per heavy atom. The number of rotatable bonds is 10. The van der Waals surface area contributed by atoms with Crippen LogP contribution in [0.5, 0.6) is 5.75 Å². The van der Waals surface area contributed by atoms with E-state index < -0.39 is 11.9 Å². The topological polar surface area (TPSA) is 132 Å². The Balaban J connectivity index is 1.43. The Bertz CT molecular complexity index is 1290. The van der Waals surface area contributed by atoms with Gasteiger partial charge < -0.3 is 18.9 Å². The number of esters is 2. The van der Waals surface area contributed by atoms with Gasteiger partial charge in [-0.25, -0.2) is 14.3 Å². The third-order valence-corrected chi connectivity index (χ3v) is 4.79. The molecule has 0 atom stereocenters. The standard InChI is InChI=1S/C23H22N6O6/c1-32-18-10-8-16(9-11-18)19-14-28(27-25-19)23-24-20(22(31)33-2)26-29(23)15-34-12-13-35-21(30)17-6-4-3-5-7-17/h3-11,14H,12-13,15H2,1-2H3. The lowest BCUT2D eigenvalue weighted by Gasteiger charge is -2.07. The highest BCUT2D eigenvalue weighted by Crippen LogP contribution is 2.21. The SMILES string of the molecule is COC(=O)c1nc(-n2cc(-c3ccc(OC)cc3)nn2)n(COCCOC(=O)c2ccccc2)n1. The summed E-state index contributed by atoms with van der Waals surface area (Å²) in [6, 6.07) is 16.0. The van der Waals surface area contributed by atoms with Gasteiger partial charge in [0.25, 0.3) is 11.8 Å². The Labute approximate surface area is 200 Å². The maximum atomic E-state index is 12.0. The molecular formula is C23H22N6O6. The minimum absolute atomic E-state index is 0.0343. The lowest BCUT2D eigenvalue weighted by atomic mass is 10.2. The molecule has 0 bridgehead atoms. The predicted molar refractivity (Wildman–Crippen MR) is 121 cm³/mol. The fraction of sp³-hybridized carbons (Fsp3) is 0.217. The van der Waals surface area contributed by atoms with Crippen molar-refractivity contribution in [3.05, 3.63) is 72.2 Å². The lowest BCUT2D eigenvalue weighted by Crippen LogP contribution is -2.15. The number of nitrogens with zero attached hydrogens (tertiary/aromatic N) is 6. The Morgan fingerprint density at radius 1 is 0.943 bits per heavy atom. The Kier molecular flexibility index (Phi) is 7.43. The second-order valence-electron chi connectivity index (χ2n) is 7.04. The molecule has 2 aromatic carbocycles. The molecule has 0 saturated heterocycles. The molecule has 2 heterocycles. The molecule has 0 unspecified atom stereocenters. The molecule has 0 saturated carbocycles. The maximum Gasteiger partial charge on any atom is 0.378 e. The lowest BCUT2D eigenvalue weighted by molar-refractivity contribution is 0.0141. The highest BCUT2D eigenvalue weighted by molar-refractivity contribution is 5.89. The molecule has 0 aliphatic heterocycles. The zero-order chi connectivity index (χ0) is 24.6. The van der Waals surface area contributed by atoms with E-state index in [0.29, 0.717) is 11.3 Å². The van der Waals surface area contributed by atoms with Gasteiger partial charge in [0.15, 0.2) is 0 Å². The second kappa shape index (κ2) is 11.0. The second-order valence-corrected chi connectivity index (χ2v) is 7.04. The van der Waals surface area contributed by atoms with Crippen molar-refractivity contribution in [2.45, 2.75) is 6.73 Å². The third kappa shape index (κ3) is 5.68. The summed E-state index contributed by atoms with van der Waals surface area (Å²) in [5.74, 6) is -0.410. The average Bonchev–Trinajstić information content (AvgIpc) is 3.56. The van der Waals surface area contributed by atoms with Gasteiger partial charge in [-0.15, -0.1) is 10.2 Å². The van der Waals surface area contributed by atoms with Crippen LogP contribution < -0.4 is 4.74 Å². The predicted octanol–water partition coefficient (Wildman–Crippen LogP) is 2.15. The molecule has 0 amide bonds. The van der Waals surface area contributed by atoms with Gasteiger partial charge in [0.1, 0.15) is 24.8 Å². The van der Waals surface area contributed by atoms with E-state index >= 15 is 0 Å². The summed E-state index contributed by atoms with van der Waals surface area (Å²) < 4.78 is 23.4. The number of aromatic nitrogens is 6. The molecule has 180 valence electrons. The van der Waals surface area contributed by atoms with Gasteiger partial charge in [0, 0.05) is 5.56 Å². The highest BCUT2D eigenvalue weighted by Gasteiger charge is 2.20. The van der Waals surface area contributed by atoms with Crippen molar-refractivity contribution in [3.63, 3.8) is 0 Å². The molecule has 4 rings (SSSR count). The van der Waals surface area contributed by atoms with E-state index in [2.05, 4.69) is 20.4 Å². The van der Waals surface area contributed by atoms with Crippen molar-refractivity contribution in [1.82, 2.24) is 29.8 Å². The summed E-state index contributed by atoms with van der Waals surface area (Å²) in [5.41, 5.74) is 1.84. The summed E-state index contributed by atoms with van der Waals surface area (Å²) in [6.07, 6.45) is 1.64. The van der Waals surface area contributed by atoms with E-state index in [4.69, 9.17) is 18.9 Å². The number of benzene rings is 2. The van der Waals surface area contributed by atoms with Crippen molar-refractivity contribution in [2.24, 2.45) is 0 Å². The van der Waals surface area contributed by atoms with Gasteiger partial charge in [-0.3, -0.25) is 0 Å². The van der Waals surface area contributed by atoms with Crippen molar-refractivity contribution in [2.75, 3.05) is 27.4 Å². The molecule has 0 N–H and O–H groups in total. The van der Waals surface area contributed by atoms with E-state index in [9.17, 15) is 9.59 Å². The molecule has 2 aromatic heterocycles. The van der Waals surface area contributed by atoms with Crippen LogP contribution in [0.4, 0.5) is 0 Å². The van der Waals surface area contributed by atoms with Crippen LogP contribution in [-0.4, -0.2) is 69.1 Å². The molecule has 4 aromatic rings. The van der Waals surface area contributed by atoms with Gasteiger partial charge in [-0.2, -0.15) is 9.67 Å². The van der Waals surface area contributed by atoms with Gasteiger partial charge in [-0.1, -0.05) is 23.4 Å². The summed E-state index contributed by atoms with van der Waals surface area (Å²) >= 11 is 0. The number of hydrogen-bond acceptors (Lipinski definition) is 10. The van der Waals surface area contributed by atoms with Crippen molar-refractivity contribution in [3.8, 4) is 23.0 Å². The molecule has 0 aliphatic carbocycles. The number of hydrogen-bond donors (Lipinski definition) is 0. The van der Waals surface area contributed by atoms with E-state index in [0.717, 1.165) is 11.3 Å². The first kappa shape index (κ1) is 23.6. The van der Waals surface area contributed by atoms with Gasteiger partial charge in [-0.05, 0) is 36.4 Å². The van der Waals surface area contributed by atoms with E-state index in [1.165, 1.54) is 16.5 Å². The monoisotopic (exact) mass is 478 g/mol. The first-order valence-electron chi connectivity index (χ1n) is 10.5. The van der Waals surface area contributed by atoms with Crippen LogP contribution in [0.15, 0.2) is 60.8 Å². The summed E-state index contributed by atoms with van der Waals surface area (Å²) in [5, 5.41) is 12.4. The summed E-state index contributed by atoms with van der Waals surface area (Å²) in [7, 11) is 2.82. The van der Waals surface area contributed by atoms with E-state index in [1.807, 2.05) is 30.3 Å². The van der Waals surface area contributed by atoms with Gasteiger partial charge >= 0.3 is 11.9 Å². The Hall–Kier alpha value is -4.58. The number of methoxy groups -OCH3 is 2. The van der Waals surface area contributed by atoms with E-state index in [-0.39, 0.29) is 31.7 Å². The highest BCUT2D eigenvalue weighted by atomic mass is 16.6. The van der Waals surface area contributed by atoms with Crippen LogP contribution in [-0.2, 0) is 20.9 Å². The molecular weight excluding hydrogens is 456 g/mol. The first-order chi connectivity index (χ1) is 17.1. The van der Waals surface area contributed by atoms with Crippen LogP contribution in [0.25, 0.3) is 17.2 Å². The molecule has 0 radical (unpaired) electrons. The van der Waals surface area contributed by atoms with Crippen LogP contribution in [0.2, 0.25) is 0 Å². The number of carbonyl (C=O) groups is 2. The molecule has 12 nitrogen and oxygen atoms in total. The van der Waals surface area contributed by atoms with Crippen molar-refractivity contribution in [1.29, 1.82) is 0 Å². The molecule has 0 spiro atoms. The molecule has 12 heteroatoms. The smallest absolute Gasteiger partial charge is 0.378 e. The minimum Gasteiger partial charge on any atom is -0.497 e. The fourth-order valence-electron chi connectivity index (χ4n) is 3.03. The maximum absolute atomic E-state index is 12.0. The molecule has 35 heavy (non-hydrogen) atoms. The molecule has 0 aliphatic rings. The zero-order valence-electron chi connectivity index (χ0n) is 19.0. The van der Waals surface area contributed by atoms with E-state index in [1.54, 1.807) is 37.6 Å². The zero-order valence-corrected chi connectivity index (χ0v) is 19.0. The van der Waals surface area contributed by atoms with Crippen LogP contribution in [0, 0.1) is 0 Å². The fourth-order valence-corrected chi connectivity index (χ4v) is 3.03. The first-order valence-corrected chi connectivity index (χ1v) is 10.5. The molecule has 0 fully saturated rings. The van der Waals surface area contributed by atoms with Crippen molar-refractivity contribution >= 4 is 11.9 Å². The third-order valence-electron chi connectivity index (χ3n) is 4.79. The number of ether oxygens (including phenoxy) is 4. The van der Waals surface area contributed by atoms with Crippen LogP contribution in [0.3, 0.4) is 0 Å². The Morgan fingerprint density at radius 3 is 2.43 bits per heavy atom. The van der Waals surface area contributed by atoms with Gasteiger partial charge in [0.2, 0.25) is 0 Å². The van der Waals surface area contributed by atoms with Crippen molar-refractivity contribution < 1.29 is 28.5 Å². The minimum atomic E-state index is -0.711. The average molecular weight is 478 g/mol. The normalized spacial score (nSPS) is 10.7. The van der Waals surface area contributed by atoms with Crippen LogP contribution in [0.1, 0.15) is 21.0 Å². The largest absolute Gasteiger partial charge is 0.497 e. The summed E-state index contributed by atoms with van der Waals surface area (Å²) in [4.78, 5) is 28.2. The van der Waals surface area contributed by atoms with Gasteiger partial charge in [0.05, 0.1) is 32.6 Å². The quantitative estimate of drug-likeness (QED) is 0.247. The van der Waals surface area contributed by atoms with Crippen LogP contribution >= 0.6 is 0 Å².